The molecule has 1 aromatic carbocycles. The number of anilines is 1. The lowest BCUT2D eigenvalue weighted by molar-refractivity contribution is -0.111. The molecule has 1 N–H and O–H groups in total. The summed E-state index contributed by atoms with van der Waals surface area (Å²) in [6, 6.07) is 9.76. The maximum absolute atomic E-state index is 14.6. The lowest BCUT2D eigenvalue weighted by atomic mass is 10.0. The molecule has 160 valence electrons. The van der Waals surface area contributed by atoms with Crippen LogP contribution in [-0.2, 0) is 11.8 Å². The van der Waals surface area contributed by atoms with Gasteiger partial charge in [-0.2, -0.15) is 10.2 Å². The largest absolute Gasteiger partial charge is 0.323 e. The quantitative estimate of drug-likeness (QED) is 0.460. The molecule has 8 heteroatoms. The minimum absolute atomic E-state index is 0.320. The molecule has 32 heavy (non-hydrogen) atoms. The summed E-state index contributed by atoms with van der Waals surface area (Å²) in [5.41, 5.74) is 4.05. The predicted molar refractivity (Wildman–Crippen MR) is 120 cm³/mol. The van der Waals surface area contributed by atoms with Gasteiger partial charge in [0.15, 0.2) is 0 Å². The van der Waals surface area contributed by atoms with Gasteiger partial charge in [-0.1, -0.05) is 12.1 Å². The Labute approximate surface area is 184 Å². The van der Waals surface area contributed by atoms with Gasteiger partial charge in [0.2, 0.25) is 5.91 Å². The Bertz CT molecular complexity index is 1300. The minimum Gasteiger partial charge on any atom is -0.323 e. The SMILES string of the molecule is Cn1ccc(-c2ccc(NC(=O)C=Cc3cncc(F)c3-c3cnn(C4CC4)c3)cc2)n1. The van der Waals surface area contributed by atoms with E-state index >= 15 is 0 Å². The number of benzene rings is 1. The smallest absolute Gasteiger partial charge is 0.248 e. The maximum atomic E-state index is 14.6. The van der Waals surface area contributed by atoms with E-state index in [-0.39, 0.29) is 5.91 Å². The van der Waals surface area contributed by atoms with E-state index in [0.29, 0.717) is 28.4 Å². The number of carbonyl (C=O) groups is 1. The van der Waals surface area contributed by atoms with Gasteiger partial charge in [-0.15, -0.1) is 0 Å². The monoisotopic (exact) mass is 428 g/mol. The van der Waals surface area contributed by atoms with Gasteiger partial charge in [-0.3, -0.25) is 19.1 Å². The van der Waals surface area contributed by atoms with Crippen LogP contribution in [0.2, 0.25) is 0 Å². The number of rotatable bonds is 6. The van der Waals surface area contributed by atoms with Crippen molar-refractivity contribution in [3.63, 3.8) is 0 Å². The van der Waals surface area contributed by atoms with Crippen molar-refractivity contribution in [2.24, 2.45) is 7.05 Å². The number of halogens is 1. The normalized spacial score (nSPS) is 13.6. The highest BCUT2D eigenvalue weighted by atomic mass is 19.1. The summed E-state index contributed by atoms with van der Waals surface area (Å²) in [6.45, 7) is 0. The number of hydrogen-bond donors (Lipinski definition) is 1. The molecule has 0 unspecified atom stereocenters. The van der Waals surface area contributed by atoms with Crippen molar-refractivity contribution >= 4 is 17.7 Å². The summed E-state index contributed by atoms with van der Waals surface area (Å²) in [7, 11) is 1.86. The van der Waals surface area contributed by atoms with E-state index in [1.807, 2.05) is 54.5 Å². The zero-order valence-corrected chi connectivity index (χ0v) is 17.4. The van der Waals surface area contributed by atoms with Crippen molar-refractivity contribution in [1.82, 2.24) is 24.5 Å². The lowest BCUT2D eigenvalue weighted by Gasteiger charge is -2.06. The zero-order chi connectivity index (χ0) is 22.1. The first-order valence-corrected chi connectivity index (χ1v) is 10.3. The van der Waals surface area contributed by atoms with E-state index < -0.39 is 5.82 Å². The summed E-state index contributed by atoms with van der Waals surface area (Å²) in [5.74, 6) is -0.771. The summed E-state index contributed by atoms with van der Waals surface area (Å²) < 4.78 is 18.2. The summed E-state index contributed by atoms with van der Waals surface area (Å²) in [4.78, 5) is 16.4. The third-order valence-electron chi connectivity index (χ3n) is 5.32. The van der Waals surface area contributed by atoms with Crippen molar-refractivity contribution in [3.05, 3.63) is 78.8 Å². The van der Waals surface area contributed by atoms with Crippen LogP contribution in [0.5, 0.6) is 0 Å². The van der Waals surface area contributed by atoms with Gasteiger partial charge in [0.25, 0.3) is 0 Å². The van der Waals surface area contributed by atoms with Crippen LogP contribution in [-0.4, -0.2) is 30.5 Å². The zero-order valence-electron chi connectivity index (χ0n) is 17.4. The minimum atomic E-state index is -0.451. The molecule has 0 radical (unpaired) electrons. The third kappa shape index (κ3) is 4.20. The molecule has 4 aromatic rings. The Hall–Kier alpha value is -4.07. The second-order valence-electron chi connectivity index (χ2n) is 7.80. The molecule has 1 aliphatic rings. The molecule has 0 saturated heterocycles. The molecule has 1 amide bonds. The van der Waals surface area contributed by atoms with Crippen LogP contribution in [0.1, 0.15) is 24.4 Å². The molecule has 0 atom stereocenters. The average Bonchev–Trinajstić information content (AvgIpc) is 3.36. The van der Waals surface area contributed by atoms with Crippen LogP contribution in [0.25, 0.3) is 28.5 Å². The van der Waals surface area contributed by atoms with Gasteiger partial charge in [0.1, 0.15) is 5.82 Å². The molecule has 1 saturated carbocycles. The number of carbonyl (C=O) groups excluding carboxylic acids is 1. The summed E-state index contributed by atoms with van der Waals surface area (Å²) in [6.07, 6.45) is 13.2. The summed E-state index contributed by atoms with van der Waals surface area (Å²) in [5, 5.41) is 11.5. The molecule has 1 aliphatic carbocycles. The number of nitrogens with one attached hydrogen (secondary N) is 1. The van der Waals surface area contributed by atoms with Gasteiger partial charge < -0.3 is 5.32 Å². The Kier molecular flexibility index (Phi) is 5.10. The number of amides is 1. The lowest BCUT2D eigenvalue weighted by Crippen LogP contribution is -2.07. The van der Waals surface area contributed by atoms with Crippen molar-refractivity contribution in [2.45, 2.75) is 18.9 Å². The van der Waals surface area contributed by atoms with Crippen LogP contribution >= 0.6 is 0 Å². The molecule has 1 fully saturated rings. The number of aryl methyl sites for hydroxylation is 1. The van der Waals surface area contributed by atoms with Crippen LogP contribution in [0.3, 0.4) is 0 Å². The number of hydrogen-bond acceptors (Lipinski definition) is 4. The van der Waals surface area contributed by atoms with Crippen LogP contribution in [0.15, 0.2) is 67.4 Å². The van der Waals surface area contributed by atoms with Crippen LogP contribution in [0.4, 0.5) is 10.1 Å². The van der Waals surface area contributed by atoms with Crippen LogP contribution < -0.4 is 5.32 Å². The molecular formula is C24H21FN6O. The standard InChI is InChI=1S/C24H21FN6O/c1-30-11-10-22(29-30)16-2-5-19(6-3-16)28-23(32)9-4-17-12-26-14-21(25)24(17)18-13-27-31(15-18)20-7-8-20/h2-6,9-15,20H,7-8H2,1H3,(H,28,32). The molecule has 0 spiro atoms. The molecule has 3 aromatic heterocycles. The van der Waals surface area contributed by atoms with E-state index in [1.54, 1.807) is 17.0 Å². The van der Waals surface area contributed by atoms with Crippen LogP contribution in [0, 0.1) is 5.82 Å². The van der Waals surface area contributed by atoms with E-state index in [0.717, 1.165) is 24.1 Å². The summed E-state index contributed by atoms with van der Waals surface area (Å²) >= 11 is 0. The Morgan fingerprint density at radius 2 is 1.94 bits per heavy atom. The highest BCUT2D eigenvalue weighted by molar-refractivity contribution is 6.02. The fourth-order valence-corrected chi connectivity index (χ4v) is 3.53. The molecule has 0 bridgehead atoms. The second kappa shape index (κ2) is 8.22. The van der Waals surface area contributed by atoms with E-state index in [4.69, 9.17) is 0 Å². The van der Waals surface area contributed by atoms with Gasteiger partial charge >= 0.3 is 0 Å². The first kappa shape index (κ1) is 19.9. The molecule has 7 nitrogen and oxygen atoms in total. The Morgan fingerprint density at radius 1 is 1.12 bits per heavy atom. The number of pyridine rings is 1. The fourth-order valence-electron chi connectivity index (χ4n) is 3.53. The van der Waals surface area contributed by atoms with E-state index in [2.05, 4.69) is 20.5 Å². The number of nitrogens with zero attached hydrogens (tertiary/aromatic N) is 5. The molecular weight excluding hydrogens is 407 g/mol. The molecule has 5 rings (SSSR count). The van der Waals surface area contributed by atoms with Crippen molar-refractivity contribution in [2.75, 3.05) is 5.32 Å². The van der Waals surface area contributed by atoms with E-state index in [1.165, 1.54) is 18.5 Å². The van der Waals surface area contributed by atoms with Gasteiger partial charge in [-0.05, 0) is 37.1 Å². The molecule has 0 aliphatic heterocycles. The van der Waals surface area contributed by atoms with Gasteiger partial charge in [-0.25, -0.2) is 4.39 Å². The van der Waals surface area contributed by atoms with E-state index in [9.17, 15) is 9.18 Å². The highest BCUT2D eigenvalue weighted by Gasteiger charge is 2.25. The van der Waals surface area contributed by atoms with Crippen molar-refractivity contribution < 1.29 is 9.18 Å². The molecule has 3 heterocycles. The number of aromatic nitrogens is 5. The second-order valence-corrected chi connectivity index (χ2v) is 7.80. The van der Waals surface area contributed by atoms with Crippen molar-refractivity contribution in [3.8, 4) is 22.4 Å². The van der Waals surface area contributed by atoms with Gasteiger partial charge in [0.05, 0.1) is 24.1 Å². The first-order chi connectivity index (χ1) is 15.6. The maximum Gasteiger partial charge on any atom is 0.248 e. The highest BCUT2D eigenvalue weighted by Crippen LogP contribution is 2.36. The Balaban J connectivity index is 1.31. The third-order valence-corrected chi connectivity index (χ3v) is 5.32. The fraction of sp³-hybridized carbons (Fsp3) is 0.167. The van der Waals surface area contributed by atoms with Crippen molar-refractivity contribution in [1.29, 1.82) is 0 Å². The average molecular weight is 428 g/mol. The first-order valence-electron chi connectivity index (χ1n) is 10.3. The topological polar surface area (TPSA) is 77.6 Å². The predicted octanol–water partition coefficient (Wildman–Crippen LogP) is 4.47. The van der Waals surface area contributed by atoms with Gasteiger partial charge in [0, 0.05) is 59.7 Å². The Morgan fingerprint density at radius 3 is 2.66 bits per heavy atom.